The Labute approximate surface area is 115 Å². The van der Waals surface area contributed by atoms with Crippen molar-refractivity contribution < 1.29 is 23.5 Å². The highest BCUT2D eigenvalue weighted by Crippen LogP contribution is 2.32. The number of carbonyl (C=O) groups excluding carboxylic acids is 3. The van der Waals surface area contributed by atoms with E-state index in [4.69, 9.17) is 14.3 Å². The first kappa shape index (κ1) is 15.6. The van der Waals surface area contributed by atoms with Crippen LogP contribution in [0.1, 0.15) is 12.8 Å². The van der Waals surface area contributed by atoms with Crippen LogP contribution in [0.15, 0.2) is 30.4 Å². The summed E-state index contributed by atoms with van der Waals surface area (Å²) in [5, 5.41) is 0. The maximum absolute atomic E-state index is 13.1. The average molecular weight is 279 g/mol. The second kappa shape index (κ2) is 7.21. The first-order valence-corrected chi connectivity index (χ1v) is 5.83. The zero-order valence-corrected chi connectivity index (χ0v) is 11.0. The molecule has 0 aromatic heterocycles. The molecule has 1 aromatic rings. The molecule has 0 atom stereocenters. The van der Waals surface area contributed by atoms with Gasteiger partial charge in [-0.1, -0.05) is 12.2 Å². The Bertz CT molecular complexity index is 550. The van der Waals surface area contributed by atoms with Gasteiger partial charge in [-0.2, -0.15) is 9.59 Å². The lowest BCUT2D eigenvalue weighted by Crippen LogP contribution is -2.36. The number of anilines is 1. The van der Waals surface area contributed by atoms with Crippen LogP contribution in [0.3, 0.4) is 0 Å². The molecule has 1 aromatic carbocycles. The van der Waals surface area contributed by atoms with Gasteiger partial charge in [-0.15, -0.1) is 0 Å². The molecule has 20 heavy (non-hydrogen) atoms. The molecule has 1 aliphatic rings. The number of hydrogen-bond acceptors (Lipinski definition) is 4. The van der Waals surface area contributed by atoms with Crippen LogP contribution < -0.4 is 9.64 Å². The van der Waals surface area contributed by atoms with Crippen LogP contribution in [-0.2, 0) is 14.4 Å². The van der Waals surface area contributed by atoms with Gasteiger partial charge >= 0.3 is 6.15 Å². The summed E-state index contributed by atoms with van der Waals surface area (Å²) in [5.41, 5.74) is 1.55. The van der Waals surface area contributed by atoms with Crippen molar-refractivity contribution in [3.05, 3.63) is 36.2 Å². The lowest BCUT2D eigenvalue weighted by Gasteiger charge is -2.29. The van der Waals surface area contributed by atoms with Gasteiger partial charge in [-0.25, -0.2) is 4.39 Å². The van der Waals surface area contributed by atoms with Gasteiger partial charge in [-0.05, 0) is 18.6 Å². The van der Waals surface area contributed by atoms with Crippen molar-refractivity contribution in [1.29, 1.82) is 0 Å². The van der Waals surface area contributed by atoms with E-state index in [0.29, 0.717) is 24.4 Å². The lowest BCUT2D eigenvalue weighted by atomic mass is 10.0. The molecule has 2 rings (SSSR count). The fraction of sp³-hybridized carbons (Fsp3) is 0.286. The summed E-state index contributed by atoms with van der Waals surface area (Å²) in [5.74, 6) is -0.0171. The van der Waals surface area contributed by atoms with Crippen molar-refractivity contribution in [2.24, 2.45) is 0 Å². The SMILES string of the molecule is C=C1CCN(c2ccc(F)cc2OC)C(=O)C1.O=C=O. The van der Waals surface area contributed by atoms with Crippen molar-refractivity contribution in [3.8, 4) is 5.75 Å². The fourth-order valence-corrected chi connectivity index (χ4v) is 1.92. The zero-order valence-electron chi connectivity index (χ0n) is 11.0. The first-order chi connectivity index (χ1) is 9.53. The number of methoxy groups -OCH3 is 1. The molecule has 0 radical (unpaired) electrons. The van der Waals surface area contributed by atoms with E-state index in [2.05, 4.69) is 6.58 Å². The molecule has 6 heteroatoms. The van der Waals surface area contributed by atoms with Gasteiger partial charge < -0.3 is 9.64 Å². The minimum atomic E-state index is -0.375. The predicted molar refractivity (Wildman–Crippen MR) is 68.7 cm³/mol. The Morgan fingerprint density at radius 1 is 1.40 bits per heavy atom. The quantitative estimate of drug-likeness (QED) is 0.776. The number of carbonyl (C=O) groups is 1. The lowest BCUT2D eigenvalue weighted by molar-refractivity contribution is -0.191. The van der Waals surface area contributed by atoms with Crippen molar-refractivity contribution in [2.75, 3.05) is 18.6 Å². The third-order valence-electron chi connectivity index (χ3n) is 2.82. The Morgan fingerprint density at radius 3 is 2.60 bits per heavy atom. The van der Waals surface area contributed by atoms with E-state index in [1.165, 1.54) is 19.2 Å². The Kier molecular flexibility index (Phi) is 5.62. The third-order valence-corrected chi connectivity index (χ3v) is 2.82. The van der Waals surface area contributed by atoms with Gasteiger partial charge in [0.15, 0.2) is 0 Å². The molecule has 0 saturated carbocycles. The van der Waals surface area contributed by atoms with E-state index in [9.17, 15) is 9.18 Å². The molecule has 0 spiro atoms. The molecule has 5 nitrogen and oxygen atoms in total. The van der Waals surface area contributed by atoms with Gasteiger partial charge in [0.25, 0.3) is 0 Å². The minimum absolute atomic E-state index is 0.0221. The van der Waals surface area contributed by atoms with E-state index < -0.39 is 0 Å². The molecular weight excluding hydrogens is 265 g/mol. The van der Waals surface area contributed by atoms with Crippen molar-refractivity contribution >= 4 is 17.7 Å². The number of hydrogen-bond donors (Lipinski definition) is 0. The summed E-state index contributed by atoms with van der Waals surface area (Å²) in [6.07, 6.45) is 1.37. The topological polar surface area (TPSA) is 63.7 Å². The monoisotopic (exact) mass is 279 g/mol. The maximum Gasteiger partial charge on any atom is 0.373 e. The number of amides is 1. The molecule has 1 saturated heterocycles. The minimum Gasteiger partial charge on any atom is -0.494 e. The first-order valence-electron chi connectivity index (χ1n) is 5.83. The Balaban J connectivity index is 0.000000612. The van der Waals surface area contributed by atoms with Gasteiger partial charge in [0.05, 0.1) is 12.8 Å². The van der Waals surface area contributed by atoms with Gasteiger partial charge in [0.1, 0.15) is 11.6 Å². The van der Waals surface area contributed by atoms with Crippen LogP contribution in [0.2, 0.25) is 0 Å². The van der Waals surface area contributed by atoms with E-state index in [0.717, 1.165) is 12.0 Å². The Hall–Kier alpha value is -2.46. The Morgan fingerprint density at radius 2 is 2.05 bits per heavy atom. The van der Waals surface area contributed by atoms with E-state index in [1.807, 2.05) is 0 Å². The fourth-order valence-electron chi connectivity index (χ4n) is 1.92. The zero-order chi connectivity index (χ0) is 15.1. The molecule has 0 aliphatic carbocycles. The number of benzene rings is 1. The summed E-state index contributed by atoms with van der Waals surface area (Å²) in [6, 6.07) is 4.18. The van der Waals surface area contributed by atoms with Crippen LogP contribution in [0, 0.1) is 5.82 Å². The highest BCUT2D eigenvalue weighted by Gasteiger charge is 2.24. The summed E-state index contributed by atoms with van der Waals surface area (Å²) in [6.45, 7) is 4.38. The smallest absolute Gasteiger partial charge is 0.373 e. The predicted octanol–water partition coefficient (Wildman–Crippen LogP) is 1.93. The number of nitrogens with zero attached hydrogens (tertiary/aromatic N) is 1. The highest BCUT2D eigenvalue weighted by molar-refractivity contribution is 5.97. The van der Waals surface area contributed by atoms with Crippen LogP contribution in [0.4, 0.5) is 10.1 Å². The van der Waals surface area contributed by atoms with Crippen molar-refractivity contribution in [1.82, 2.24) is 0 Å². The summed E-state index contributed by atoms with van der Waals surface area (Å²) >= 11 is 0. The van der Waals surface area contributed by atoms with Crippen LogP contribution in [0.5, 0.6) is 5.75 Å². The second-order valence-corrected chi connectivity index (χ2v) is 4.12. The van der Waals surface area contributed by atoms with E-state index >= 15 is 0 Å². The maximum atomic E-state index is 13.1. The third kappa shape index (κ3) is 3.76. The summed E-state index contributed by atoms with van der Waals surface area (Å²) in [7, 11) is 1.46. The number of piperidine rings is 1. The molecule has 1 amide bonds. The van der Waals surface area contributed by atoms with Gasteiger partial charge in [0, 0.05) is 19.0 Å². The van der Waals surface area contributed by atoms with Crippen molar-refractivity contribution in [3.63, 3.8) is 0 Å². The van der Waals surface area contributed by atoms with E-state index in [-0.39, 0.29) is 17.9 Å². The highest BCUT2D eigenvalue weighted by atomic mass is 19.1. The molecule has 0 N–H and O–H groups in total. The summed E-state index contributed by atoms with van der Waals surface area (Å²) < 4.78 is 18.2. The largest absolute Gasteiger partial charge is 0.494 e. The number of ether oxygens (including phenoxy) is 1. The molecule has 1 heterocycles. The molecule has 1 aliphatic heterocycles. The van der Waals surface area contributed by atoms with Gasteiger partial charge in [0.2, 0.25) is 5.91 Å². The average Bonchev–Trinajstić information content (AvgIpc) is 2.40. The number of halogens is 1. The number of rotatable bonds is 2. The van der Waals surface area contributed by atoms with Crippen molar-refractivity contribution in [2.45, 2.75) is 12.8 Å². The van der Waals surface area contributed by atoms with Crippen LogP contribution >= 0.6 is 0 Å². The normalized spacial score (nSPS) is 14.2. The molecule has 0 bridgehead atoms. The molecule has 0 unspecified atom stereocenters. The molecular formula is C14H14FNO4. The van der Waals surface area contributed by atoms with E-state index in [1.54, 1.807) is 11.0 Å². The van der Waals surface area contributed by atoms with Crippen LogP contribution in [0.25, 0.3) is 0 Å². The van der Waals surface area contributed by atoms with Gasteiger partial charge in [-0.3, -0.25) is 4.79 Å². The molecule has 106 valence electrons. The molecule has 1 fully saturated rings. The second-order valence-electron chi connectivity index (χ2n) is 4.12. The van der Waals surface area contributed by atoms with Crippen LogP contribution in [-0.4, -0.2) is 25.7 Å². The summed E-state index contributed by atoms with van der Waals surface area (Å²) in [4.78, 5) is 29.7. The standard InChI is InChI=1S/C13H14FNO2.CO2/c1-9-5-6-15(13(16)7-9)11-4-3-10(14)8-12(11)17-2;2-1-3/h3-4,8H,1,5-7H2,2H3;.